The number of nitrogens with zero attached hydrogens (tertiary/aromatic N) is 4. The van der Waals surface area contributed by atoms with Crippen LogP contribution in [-0.2, 0) is 11.2 Å². The first-order valence-electron chi connectivity index (χ1n) is 9.73. The molecule has 0 aliphatic heterocycles. The van der Waals surface area contributed by atoms with E-state index in [1.54, 1.807) is 4.52 Å². The number of aromatic nitrogens is 4. The van der Waals surface area contributed by atoms with Crippen molar-refractivity contribution in [1.29, 1.82) is 0 Å². The monoisotopic (exact) mass is 387 g/mol. The van der Waals surface area contributed by atoms with Crippen molar-refractivity contribution in [2.45, 2.75) is 71.5 Å². The van der Waals surface area contributed by atoms with Crippen LogP contribution in [0.1, 0.15) is 57.0 Å². The summed E-state index contributed by atoms with van der Waals surface area (Å²) in [5.41, 5.74) is 3.24. The molecule has 1 N–H and O–H groups in total. The van der Waals surface area contributed by atoms with Crippen LogP contribution in [0.15, 0.2) is 5.16 Å². The van der Waals surface area contributed by atoms with Gasteiger partial charge in [0.15, 0.2) is 0 Å². The first-order chi connectivity index (χ1) is 12.7. The zero-order chi connectivity index (χ0) is 19.6. The summed E-state index contributed by atoms with van der Waals surface area (Å²) in [5, 5.41) is 8.53. The Hall–Kier alpha value is -1.63. The highest BCUT2D eigenvalue weighted by atomic mass is 32.2. The van der Waals surface area contributed by atoms with Crippen LogP contribution in [-0.4, -0.2) is 37.8 Å². The molecule has 146 valence electrons. The predicted molar refractivity (Wildman–Crippen MR) is 107 cm³/mol. The third-order valence-electron chi connectivity index (χ3n) is 7.68. The van der Waals surface area contributed by atoms with Gasteiger partial charge in [-0.05, 0) is 56.1 Å². The van der Waals surface area contributed by atoms with Gasteiger partial charge in [-0.3, -0.25) is 4.79 Å². The number of fused-ring (bicyclic) bond motifs is 3. The van der Waals surface area contributed by atoms with Gasteiger partial charge in [-0.2, -0.15) is 4.98 Å². The maximum absolute atomic E-state index is 12.9. The van der Waals surface area contributed by atoms with E-state index in [0.29, 0.717) is 22.8 Å². The van der Waals surface area contributed by atoms with E-state index in [1.807, 2.05) is 20.1 Å². The smallest absolute Gasteiger partial charge is 0.253 e. The Morgan fingerprint density at radius 1 is 1.30 bits per heavy atom. The lowest BCUT2D eigenvalue weighted by molar-refractivity contribution is -0.122. The molecule has 0 radical (unpaired) electrons. The number of amides is 1. The molecule has 4 rings (SSSR count). The summed E-state index contributed by atoms with van der Waals surface area (Å²) in [5.74, 6) is 1.40. The zero-order valence-electron chi connectivity index (χ0n) is 17.1. The van der Waals surface area contributed by atoms with Gasteiger partial charge in [-0.15, -0.1) is 5.10 Å². The van der Waals surface area contributed by atoms with Crippen LogP contribution in [0.5, 0.6) is 0 Å². The summed E-state index contributed by atoms with van der Waals surface area (Å²) in [7, 11) is 0. The number of carbonyl (C=O) groups excluding carboxylic acids is 1. The molecule has 2 heterocycles. The fraction of sp³-hybridized carbons (Fsp3) is 0.700. The number of aryl methyl sites for hydroxylation is 2. The maximum atomic E-state index is 12.9. The molecule has 3 atom stereocenters. The summed E-state index contributed by atoms with van der Waals surface area (Å²) >= 11 is 1.49. The second-order valence-corrected chi connectivity index (χ2v) is 9.75. The summed E-state index contributed by atoms with van der Waals surface area (Å²) < 4.78 is 1.75. The Balaban J connectivity index is 1.55. The van der Waals surface area contributed by atoms with Crippen molar-refractivity contribution in [3.8, 4) is 0 Å². The van der Waals surface area contributed by atoms with E-state index in [-0.39, 0.29) is 17.4 Å². The van der Waals surface area contributed by atoms with Gasteiger partial charge in [0.1, 0.15) is 0 Å². The van der Waals surface area contributed by atoms with Crippen LogP contribution in [0.4, 0.5) is 0 Å². The average molecular weight is 388 g/mol. The molecule has 27 heavy (non-hydrogen) atoms. The molecule has 2 aromatic rings. The summed E-state index contributed by atoms with van der Waals surface area (Å²) in [6, 6.07) is 0.269. The molecule has 2 bridgehead atoms. The van der Waals surface area contributed by atoms with Crippen LogP contribution < -0.4 is 5.32 Å². The van der Waals surface area contributed by atoms with Gasteiger partial charge in [0.25, 0.3) is 5.78 Å². The summed E-state index contributed by atoms with van der Waals surface area (Å²) in [6.45, 7) is 11.0. The third kappa shape index (κ3) is 2.69. The van der Waals surface area contributed by atoms with Gasteiger partial charge in [0.2, 0.25) is 11.1 Å². The molecule has 3 unspecified atom stereocenters. The number of carbonyl (C=O) groups is 1. The van der Waals surface area contributed by atoms with E-state index < -0.39 is 0 Å². The molecule has 2 aliphatic carbocycles. The van der Waals surface area contributed by atoms with Gasteiger partial charge in [-0.25, -0.2) is 9.50 Å². The standard InChI is InChI=1S/C20H29N5OS/c1-11-14(12(2)25-17(21-11)23-18(24-25)27-6)10-16(26)22-15-9-13-7-8-20(15,5)19(13,3)4/h13,15H,7-10H2,1-6H3,(H,22,26). The highest BCUT2D eigenvalue weighted by molar-refractivity contribution is 7.98. The van der Waals surface area contributed by atoms with Crippen molar-refractivity contribution in [1.82, 2.24) is 24.9 Å². The Bertz CT molecular complexity index is 921. The van der Waals surface area contributed by atoms with Gasteiger partial charge in [-0.1, -0.05) is 32.5 Å². The normalized spacial score (nSPS) is 28.8. The molecule has 6 nitrogen and oxygen atoms in total. The van der Waals surface area contributed by atoms with E-state index in [2.05, 4.69) is 41.2 Å². The van der Waals surface area contributed by atoms with E-state index in [4.69, 9.17) is 0 Å². The van der Waals surface area contributed by atoms with Crippen molar-refractivity contribution in [2.24, 2.45) is 16.7 Å². The molecule has 0 aromatic carbocycles. The van der Waals surface area contributed by atoms with E-state index in [1.165, 1.54) is 24.6 Å². The van der Waals surface area contributed by atoms with Crippen LogP contribution >= 0.6 is 11.8 Å². The fourth-order valence-corrected chi connectivity index (χ4v) is 5.70. The van der Waals surface area contributed by atoms with E-state index >= 15 is 0 Å². The molecule has 0 spiro atoms. The molecular formula is C20H29N5OS. The Kier molecular flexibility index (Phi) is 4.29. The second-order valence-electron chi connectivity index (χ2n) is 8.98. The molecule has 1 amide bonds. The fourth-order valence-electron chi connectivity index (χ4n) is 5.36. The van der Waals surface area contributed by atoms with E-state index in [0.717, 1.165) is 29.3 Å². The largest absolute Gasteiger partial charge is 0.353 e. The van der Waals surface area contributed by atoms with Gasteiger partial charge >= 0.3 is 0 Å². The Morgan fingerprint density at radius 3 is 2.63 bits per heavy atom. The summed E-state index contributed by atoms with van der Waals surface area (Å²) in [6.07, 6.45) is 5.89. The Labute approximate surface area is 164 Å². The maximum Gasteiger partial charge on any atom is 0.253 e. The number of hydrogen-bond donors (Lipinski definition) is 1. The van der Waals surface area contributed by atoms with Crippen molar-refractivity contribution in [3.63, 3.8) is 0 Å². The van der Waals surface area contributed by atoms with Crippen molar-refractivity contribution in [2.75, 3.05) is 6.26 Å². The van der Waals surface area contributed by atoms with Crippen LogP contribution in [0.3, 0.4) is 0 Å². The van der Waals surface area contributed by atoms with Crippen molar-refractivity contribution < 1.29 is 4.79 Å². The third-order valence-corrected chi connectivity index (χ3v) is 8.22. The first kappa shape index (κ1) is 18.7. The second kappa shape index (κ2) is 6.19. The van der Waals surface area contributed by atoms with Gasteiger partial charge in [0, 0.05) is 23.0 Å². The highest BCUT2D eigenvalue weighted by Gasteiger charge is 2.61. The lowest BCUT2D eigenvalue weighted by atomic mass is 9.69. The average Bonchev–Trinajstić information content (AvgIpc) is 3.17. The van der Waals surface area contributed by atoms with Gasteiger partial charge < -0.3 is 5.32 Å². The molecule has 0 saturated heterocycles. The molecule has 2 aromatic heterocycles. The van der Waals surface area contributed by atoms with Crippen LogP contribution in [0, 0.1) is 30.6 Å². The number of rotatable bonds is 4. The Morgan fingerprint density at radius 2 is 2.04 bits per heavy atom. The minimum absolute atomic E-state index is 0.0853. The number of hydrogen-bond acceptors (Lipinski definition) is 5. The molecule has 2 aliphatic rings. The van der Waals surface area contributed by atoms with Crippen LogP contribution in [0.2, 0.25) is 0 Å². The van der Waals surface area contributed by atoms with E-state index in [9.17, 15) is 4.79 Å². The number of nitrogens with one attached hydrogen (secondary N) is 1. The minimum atomic E-state index is 0.0853. The molecule has 2 fully saturated rings. The summed E-state index contributed by atoms with van der Waals surface area (Å²) in [4.78, 5) is 21.9. The number of thioether (sulfide) groups is 1. The lowest BCUT2D eigenvalue weighted by Gasteiger charge is -2.39. The topological polar surface area (TPSA) is 72.2 Å². The van der Waals surface area contributed by atoms with Crippen LogP contribution in [0.25, 0.3) is 5.78 Å². The predicted octanol–water partition coefficient (Wildman–Crippen LogP) is 3.34. The quantitative estimate of drug-likeness (QED) is 0.815. The molecule has 7 heteroatoms. The first-order valence-corrected chi connectivity index (χ1v) is 11.0. The lowest BCUT2D eigenvalue weighted by Crippen LogP contribution is -2.47. The van der Waals surface area contributed by atoms with Crippen molar-refractivity contribution in [3.05, 3.63) is 17.0 Å². The van der Waals surface area contributed by atoms with Crippen molar-refractivity contribution >= 4 is 23.4 Å². The molecular weight excluding hydrogens is 358 g/mol. The minimum Gasteiger partial charge on any atom is -0.353 e. The zero-order valence-corrected chi connectivity index (χ0v) is 17.9. The molecule has 2 saturated carbocycles. The van der Waals surface area contributed by atoms with Gasteiger partial charge in [0.05, 0.1) is 6.42 Å². The SMILES string of the molecule is CSc1nc2nc(C)c(CC(=O)NC3CC4CCC3(C)C4(C)C)c(C)n2n1. The highest BCUT2D eigenvalue weighted by Crippen LogP contribution is 2.65.